The van der Waals surface area contributed by atoms with Crippen LogP contribution in [0.1, 0.15) is 17.7 Å². The van der Waals surface area contributed by atoms with Gasteiger partial charge in [0.1, 0.15) is 5.25 Å². The molecule has 1 heterocycles. The van der Waals surface area contributed by atoms with Crippen LogP contribution in [0.4, 0.5) is 10.5 Å². The van der Waals surface area contributed by atoms with Gasteiger partial charge >= 0.3 is 0 Å². The third-order valence-corrected chi connectivity index (χ3v) is 6.32. The first-order chi connectivity index (χ1) is 12.4. The third-order valence-electron chi connectivity index (χ3n) is 3.90. The van der Waals surface area contributed by atoms with E-state index in [9.17, 15) is 18.0 Å². The summed E-state index contributed by atoms with van der Waals surface area (Å²) in [6.45, 7) is 2.08. The van der Waals surface area contributed by atoms with Crippen LogP contribution in [0.25, 0.3) is 0 Å². The highest BCUT2D eigenvalue weighted by atomic mass is 32.2. The monoisotopic (exact) mass is 388 g/mol. The maximum absolute atomic E-state index is 12.6. The van der Waals surface area contributed by atoms with Gasteiger partial charge in [0.05, 0.1) is 4.90 Å². The van der Waals surface area contributed by atoms with Crippen molar-refractivity contribution in [3.8, 4) is 0 Å². The van der Waals surface area contributed by atoms with Crippen molar-refractivity contribution in [1.29, 1.82) is 0 Å². The lowest BCUT2D eigenvalue weighted by atomic mass is 9.68. The summed E-state index contributed by atoms with van der Waals surface area (Å²) >= 11 is 0.841. The molecule has 2 amide bonds. The molecular formula is C17H17BN2O4S2. The van der Waals surface area contributed by atoms with E-state index in [0.29, 0.717) is 11.3 Å². The zero-order valence-electron chi connectivity index (χ0n) is 14.1. The maximum atomic E-state index is 12.6. The average molecular weight is 388 g/mol. The molecule has 1 atom stereocenters. The maximum Gasteiger partial charge on any atom is 0.286 e. The molecule has 26 heavy (non-hydrogen) atoms. The molecule has 0 aliphatic carbocycles. The van der Waals surface area contributed by atoms with Crippen LogP contribution in [-0.2, 0) is 14.8 Å². The Morgan fingerprint density at radius 2 is 1.88 bits per heavy atom. The first-order valence-electron chi connectivity index (χ1n) is 8.12. The van der Waals surface area contributed by atoms with Crippen molar-refractivity contribution >= 4 is 51.4 Å². The van der Waals surface area contributed by atoms with Crippen molar-refractivity contribution in [2.75, 3.05) is 4.72 Å². The van der Waals surface area contributed by atoms with E-state index in [0.717, 1.165) is 30.8 Å². The topological polar surface area (TPSA) is 92.3 Å². The number of anilines is 1. The van der Waals surface area contributed by atoms with Gasteiger partial charge in [-0.15, -0.1) is 0 Å². The lowest BCUT2D eigenvalue weighted by Gasteiger charge is -2.11. The van der Waals surface area contributed by atoms with E-state index >= 15 is 0 Å². The molecule has 3 rings (SSSR count). The van der Waals surface area contributed by atoms with Crippen LogP contribution >= 0.6 is 11.8 Å². The van der Waals surface area contributed by atoms with Crippen molar-refractivity contribution in [3.63, 3.8) is 0 Å². The molecule has 1 fully saturated rings. The molecule has 0 spiro atoms. The second-order valence-corrected chi connectivity index (χ2v) is 8.66. The Bertz CT molecular complexity index is 945. The Balaban J connectivity index is 1.82. The summed E-state index contributed by atoms with van der Waals surface area (Å²) in [5.41, 5.74) is 2.09. The minimum absolute atomic E-state index is 0.0420. The van der Waals surface area contributed by atoms with Crippen LogP contribution in [-0.4, -0.2) is 26.8 Å². The highest BCUT2D eigenvalue weighted by Crippen LogP contribution is 2.35. The summed E-state index contributed by atoms with van der Waals surface area (Å²) in [6, 6.07) is 13.3. The number of carbonyl (C=O) groups excluding carboxylic acids is 2. The molecule has 1 aliphatic heterocycles. The second kappa shape index (κ2) is 7.55. The molecule has 0 saturated carbocycles. The summed E-state index contributed by atoms with van der Waals surface area (Å²) in [5, 5.41) is 1.04. The van der Waals surface area contributed by atoms with Gasteiger partial charge in [-0.05, 0) is 41.6 Å². The van der Waals surface area contributed by atoms with Gasteiger partial charge in [-0.1, -0.05) is 43.0 Å². The number of hydrogen-bond donors (Lipinski definition) is 2. The highest BCUT2D eigenvalue weighted by molar-refractivity contribution is 8.15. The number of nitrogens with one attached hydrogen (secondary N) is 2. The van der Waals surface area contributed by atoms with Gasteiger partial charge in [0.25, 0.3) is 15.3 Å². The van der Waals surface area contributed by atoms with E-state index < -0.39 is 26.4 Å². The molecule has 2 N–H and O–H groups in total. The van der Waals surface area contributed by atoms with Crippen LogP contribution in [0, 0.1) is 0 Å². The van der Waals surface area contributed by atoms with Crippen molar-refractivity contribution in [1.82, 2.24) is 5.32 Å². The summed E-state index contributed by atoms with van der Waals surface area (Å²) in [7, 11) is -2.86. The molecule has 1 aliphatic rings. The van der Waals surface area contributed by atoms with E-state index in [-0.39, 0.29) is 4.90 Å². The Hall–Kier alpha value is -2.26. The van der Waals surface area contributed by atoms with Crippen LogP contribution < -0.4 is 15.5 Å². The van der Waals surface area contributed by atoms with Gasteiger partial charge in [-0.3, -0.25) is 19.6 Å². The van der Waals surface area contributed by atoms with Gasteiger partial charge < -0.3 is 0 Å². The summed E-state index contributed by atoms with van der Waals surface area (Å²) in [5.74, 6) is -0.436. The molecule has 1 unspecified atom stereocenters. The van der Waals surface area contributed by atoms with Gasteiger partial charge in [0.2, 0.25) is 5.91 Å². The Labute approximate surface area is 157 Å². The van der Waals surface area contributed by atoms with Gasteiger partial charge in [-0.2, -0.15) is 0 Å². The number of carbonyl (C=O) groups is 2. The largest absolute Gasteiger partial charge is 0.286 e. The van der Waals surface area contributed by atoms with Gasteiger partial charge in [0.15, 0.2) is 7.28 Å². The zero-order chi connectivity index (χ0) is 18.7. The predicted octanol–water partition coefficient (Wildman–Crippen LogP) is 2.01. The predicted molar refractivity (Wildman–Crippen MR) is 105 cm³/mol. The number of rotatable bonds is 6. The number of amides is 2. The van der Waals surface area contributed by atoms with Crippen molar-refractivity contribution in [3.05, 3.63) is 54.1 Å². The van der Waals surface area contributed by atoms with E-state index in [1.54, 1.807) is 24.3 Å². The molecule has 1 saturated heterocycles. The van der Waals surface area contributed by atoms with Crippen LogP contribution in [0.3, 0.4) is 0 Å². The minimum Gasteiger partial charge on any atom is -0.286 e. The summed E-state index contributed by atoms with van der Waals surface area (Å²) < 4.78 is 27.8. The SMILES string of the molecule is CCBc1ccc(NS(=O)(=O)c2cccc(C3SC(=O)NC3=O)c2)cc1. The van der Waals surface area contributed by atoms with Crippen LogP contribution in [0.15, 0.2) is 53.4 Å². The number of sulfonamides is 1. The fourth-order valence-electron chi connectivity index (χ4n) is 2.66. The zero-order valence-corrected chi connectivity index (χ0v) is 15.7. The molecule has 0 radical (unpaired) electrons. The molecule has 9 heteroatoms. The number of benzene rings is 2. The van der Waals surface area contributed by atoms with Crippen LogP contribution in [0.5, 0.6) is 0 Å². The van der Waals surface area contributed by atoms with Crippen molar-refractivity contribution < 1.29 is 18.0 Å². The Kier molecular flexibility index (Phi) is 5.38. The van der Waals surface area contributed by atoms with Gasteiger partial charge in [0, 0.05) is 5.69 Å². The highest BCUT2D eigenvalue weighted by Gasteiger charge is 2.33. The Morgan fingerprint density at radius 1 is 1.15 bits per heavy atom. The van der Waals surface area contributed by atoms with Crippen molar-refractivity contribution in [2.24, 2.45) is 0 Å². The number of hydrogen-bond acceptors (Lipinski definition) is 5. The number of imide groups is 1. The first-order valence-corrected chi connectivity index (χ1v) is 10.5. The Morgan fingerprint density at radius 3 is 2.50 bits per heavy atom. The molecule has 6 nitrogen and oxygen atoms in total. The standard InChI is InChI=1S/C17H17BN2O4S2/c1-2-18-12-6-8-13(9-7-12)20-26(23,24)14-5-3-4-11(10-14)15-16(21)19-17(22)25-15/h3-10,15,18,20H,2H2,1H3,(H,19,21,22). The molecular weight excluding hydrogens is 371 g/mol. The van der Waals surface area contributed by atoms with E-state index in [1.165, 1.54) is 12.1 Å². The summed E-state index contributed by atoms with van der Waals surface area (Å²) in [4.78, 5) is 23.2. The quantitative estimate of drug-likeness (QED) is 0.739. The van der Waals surface area contributed by atoms with E-state index in [4.69, 9.17) is 0 Å². The van der Waals surface area contributed by atoms with E-state index in [1.807, 2.05) is 12.1 Å². The normalized spacial score (nSPS) is 17.0. The lowest BCUT2D eigenvalue weighted by molar-refractivity contribution is -0.119. The van der Waals surface area contributed by atoms with Gasteiger partial charge in [-0.25, -0.2) is 8.42 Å². The smallest absolute Gasteiger partial charge is 0.286 e. The summed E-state index contributed by atoms with van der Waals surface area (Å²) in [6.07, 6.45) is 1.02. The lowest BCUT2D eigenvalue weighted by Crippen LogP contribution is -2.20. The van der Waals surface area contributed by atoms with Crippen molar-refractivity contribution in [2.45, 2.75) is 23.4 Å². The third kappa shape index (κ3) is 4.11. The first kappa shape index (κ1) is 18.5. The fourth-order valence-corrected chi connectivity index (χ4v) is 4.60. The fraction of sp³-hybridized carbons (Fsp3) is 0.176. The molecule has 0 bridgehead atoms. The number of thioether (sulfide) groups is 1. The minimum atomic E-state index is -3.80. The second-order valence-electron chi connectivity index (χ2n) is 5.90. The average Bonchev–Trinajstić information content (AvgIpc) is 2.95. The molecule has 0 aromatic heterocycles. The van der Waals surface area contributed by atoms with Crippen LogP contribution in [0.2, 0.25) is 6.32 Å². The molecule has 2 aromatic rings. The van der Waals surface area contributed by atoms with E-state index in [2.05, 4.69) is 17.0 Å². The molecule has 134 valence electrons. The molecule has 2 aromatic carbocycles.